The van der Waals surface area contributed by atoms with E-state index in [-0.39, 0.29) is 15.8 Å². The highest BCUT2D eigenvalue weighted by atomic mass is 32.2. The molecule has 0 bridgehead atoms. The van der Waals surface area contributed by atoms with Crippen molar-refractivity contribution in [2.24, 2.45) is 0 Å². The quantitative estimate of drug-likeness (QED) is 0.827. The number of carbonyl (C=O) groups is 1. The van der Waals surface area contributed by atoms with Gasteiger partial charge in [0.1, 0.15) is 9.77 Å². The van der Waals surface area contributed by atoms with E-state index in [0.717, 1.165) is 24.2 Å². The molecule has 0 aliphatic heterocycles. The third-order valence-corrected chi connectivity index (χ3v) is 4.61. The zero-order valence-corrected chi connectivity index (χ0v) is 9.27. The van der Waals surface area contributed by atoms with Gasteiger partial charge in [0, 0.05) is 6.04 Å². The van der Waals surface area contributed by atoms with Gasteiger partial charge in [-0.3, -0.25) is 0 Å². The van der Waals surface area contributed by atoms with E-state index in [4.69, 9.17) is 5.11 Å². The molecule has 0 spiro atoms. The smallest absolute Gasteiger partial charge is 0.347 e. The van der Waals surface area contributed by atoms with E-state index in [1.165, 1.54) is 11.4 Å². The first-order valence-electron chi connectivity index (χ1n) is 4.34. The third-order valence-electron chi connectivity index (χ3n) is 2.01. The van der Waals surface area contributed by atoms with E-state index in [2.05, 4.69) is 4.72 Å². The van der Waals surface area contributed by atoms with Crippen LogP contribution >= 0.6 is 11.3 Å². The fraction of sp³-hybridized carbons (Fsp3) is 0.375. The summed E-state index contributed by atoms with van der Waals surface area (Å²) in [6, 6.07) is 1.30. The predicted octanol–water partition coefficient (Wildman–Crippen LogP) is 0.887. The number of hydrogen-bond acceptors (Lipinski definition) is 4. The fourth-order valence-electron chi connectivity index (χ4n) is 1.15. The van der Waals surface area contributed by atoms with Gasteiger partial charge in [-0.05, 0) is 24.3 Å². The van der Waals surface area contributed by atoms with Gasteiger partial charge in [-0.1, -0.05) is 0 Å². The summed E-state index contributed by atoms with van der Waals surface area (Å²) in [7, 11) is -3.65. The highest BCUT2D eigenvalue weighted by molar-refractivity contribution is 7.89. The monoisotopic (exact) mass is 247 g/mol. The van der Waals surface area contributed by atoms with E-state index >= 15 is 0 Å². The lowest BCUT2D eigenvalue weighted by Crippen LogP contribution is -2.26. The number of carboxylic acids is 1. The molecule has 0 atom stereocenters. The van der Waals surface area contributed by atoms with Gasteiger partial charge in [0.05, 0.1) is 0 Å². The Kier molecular flexibility index (Phi) is 2.53. The molecule has 0 unspecified atom stereocenters. The first-order valence-corrected chi connectivity index (χ1v) is 6.70. The summed E-state index contributed by atoms with van der Waals surface area (Å²) < 4.78 is 25.8. The summed E-state index contributed by atoms with van der Waals surface area (Å²) in [4.78, 5) is 10.5. The zero-order chi connectivity index (χ0) is 11.1. The minimum Gasteiger partial charge on any atom is -0.477 e. The van der Waals surface area contributed by atoms with Gasteiger partial charge in [-0.15, -0.1) is 11.3 Å². The Hall–Kier alpha value is -0.920. The summed E-state index contributed by atoms with van der Waals surface area (Å²) >= 11 is 0.913. The van der Waals surface area contributed by atoms with Crippen LogP contribution in [0.4, 0.5) is 0 Å². The first-order chi connectivity index (χ1) is 7.00. The molecule has 15 heavy (non-hydrogen) atoms. The molecule has 2 N–H and O–H groups in total. The van der Waals surface area contributed by atoms with Crippen molar-refractivity contribution >= 4 is 27.3 Å². The maximum absolute atomic E-state index is 11.7. The molecule has 5 nitrogen and oxygen atoms in total. The Morgan fingerprint density at radius 3 is 2.73 bits per heavy atom. The SMILES string of the molecule is O=C(O)c1sccc1S(=O)(=O)NC1CC1. The van der Waals surface area contributed by atoms with Gasteiger partial charge in [0.15, 0.2) is 0 Å². The van der Waals surface area contributed by atoms with Gasteiger partial charge in [-0.2, -0.15) is 0 Å². The van der Waals surface area contributed by atoms with E-state index in [1.54, 1.807) is 0 Å². The van der Waals surface area contributed by atoms with Crippen LogP contribution in [0.15, 0.2) is 16.3 Å². The summed E-state index contributed by atoms with van der Waals surface area (Å²) in [6.07, 6.45) is 1.65. The van der Waals surface area contributed by atoms with Gasteiger partial charge in [-0.25, -0.2) is 17.9 Å². The molecule has 2 rings (SSSR count). The number of nitrogens with one attached hydrogen (secondary N) is 1. The van der Waals surface area contributed by atoms with Crippen molar-refractivity contribution in [1.82, 2.24) is 4.72 Å². The lowest BCUT2D eigenvalue weighted by Gasteiger charge is -2.03. The van der Waals surface area contributed by atoms with Crippen LogP contribution in [0.5, 0.6) is 0 Å². The molecule has 0 saturated heterocycles. The lowest BCUT2D eigenvalue weighted by atomic mass is 10.5. The summed E-state index contributed by atoms with van der Waals surface area (Å²) in [6.45, 7) is 0. The minimum atomic E-state index is -3.65. The van der Waals surface area contributed by atoms with E-state index in [0.29, 0.717) is 0 Å². The molecule has 0 radical (unpaired) electrons. The van der Waals surface area contributed by atoms with Crippen molar-refractivity contribution in [2.75, 3.05) is 0 Å². The van der Waals surface area contributed by atoms with Crippen LogP contribution in [-0.4, -0.2) is 25.5 Å². The van der Waals surface area contributed by atoms with Gasteiger partial charge in [0.2, 0.25) is 10.0 Å². The molecule has 82 valence electrons. The topological polar surface area (TPSA) is 83.5 Å². The van der Waals surface area contributed by atoms with Crippen LogP contribution < -0.4 is 4.72 Å². The molecular weight excluding hydrogens is 238 g/mol. The van der Waals surface area contributed by atoms with E-state index in [9.17, 15) is 13.2 Å². The second kappa shape index (κ2) is 3.58. The maximum Gasteiger partial charge on any atom is 0.347 e. The average molecular weight is 247 g/mol. The lowest BCUT2D eigenvalue weighted by molar-refractivity contribution is 0.0698. The zero-order valence-electron chi connectivity index (χ0n) is 7.63. The Bertz CT molecular complexity index is 486. The molecule has 1 saturated carbocycles. The Labute approximate surface area is 90.8 Å². The summed E-state index contributed by atoms with van der Waals surface area (Å²) in [5.74, 6) is -1.21. The largest absolute Gasteiger partial charge is 0.477 e. The van der Waals surface area contributed by atoms with Crippen molar-refractivity contribution in [1.29, 1.82) is 0 Å². The molecule has 1 aliphatic carbocycles. The van der Waals surface area contributed by atoms with Crippen molar-refractivity contribution in [2.45, 2.75) is 23.8 Å². The van der Waals surface area contributed by atoms with Crippen LogP contribution in [0.3, 0.4) is 0 Å². The Morgan fingerprint density at radius 2 is 2.20 bits per heavy atom. The Morgan fingerprint density at radius 1 is 1.53 bits per heavy atom. The second-order valence-electron chi connectivity index (χ2n) is 3.31. The molecule has 1 aromatic rings. The van der Waals surface area contributed by atoms with Crippen molar-refractivity contribution < 1.29 is 18.3 Å². The van der Waals surface area contributed by atoms with Crippen LogP contribution in [0.25, 0.3) is 0 Å². The van der Waals surface area contributed by atoms with Crippen molar-refractivity contribution in [3.63, 3.8) is 0 Å². The van der Waals surface area contributed by atoms with Crippen molar-refractivity contribution in [3.05, 3.63) is 16.3 Å². The number of hydrogen-bond donors (Lipinski definition) is 2. The number of rotatable bonds is 4. The van der Waals surface area contributed by atoms with Crippen LogP contribution in [0.1, 0.15) is 22.5 Å². The van der Waals surface area contributed by atoms with Crippen LogP contribution in [0, 0.1) is 0 Å². The van der Waals surface area contributed by atoms with E-state index < -0.39 is 16.0 Å². The second-order valence-corrected chi connectivity index (χ2v) is 5.91. The molecule has 0 aromatic carbocycles. The fourth-order valence-corrected chi connectivity index (χ4v) is 3.71. The summed E-state index contributed by atoms with van der Waals surface area (Å²) in [5, 5.41) is 10.2. The predicted molar refractivity (Wildman–Crippen MR) is 54.6 cm³/mol. The molecule has 7 heteroatoms. The number of sulfonamides is 1. The van der Waals surface area contributed by atoms with Gasteiger partial charge < -0.3 is 5.11 Å². The minimum absolute atomic E-state index is 0.0171. The summed E-state index contributed by atoms with van der Waals surface area (Å²) in [5.41, 5.74) is 0. The normalized spacial score (nSPS) is 16.5. The standard InChI is InChI=1S/C8H9NO4S2/c10-8(11)7-6(3-4-14-7)15(12,13)9-5-1-2-5/h3-5,9H,1-2H2,(H,10,11). The van der Waals surface area contributed by atoms with Crippen LogP contribution in [-0.2, 0) is 10.0 Å². The number of thiophene rings is 1. The Balaban J connectivity index is 2.34. The number of aromatic carboxylic acids is 1. The molecule has 1 aromatic heterocycles. The first kappa shape index (κ1) is 10.6. The van der Waals surface area contributed by atoms with E-state index in [1.807, 2.05) is 0 Å². The third kappa shape index (κ3) is 2.19. The van der Waals surface area contributed by atoms with Gasteiger partial charge >= 0.3 is 5.97 Å². The maximum atomic E-state index is 11.7. The average Bonchev–Trinajstić information content (AvgIpc) is 2.80. The number of carboxylic acid groups (broad SMARTS) is 1. The van der Waals surface area contributed by atoms with Crippen molar-refractivity contribution in [3.8, 4) is 0 Å². The molecular formula is C8H9NO4S2. The van der Waals surface area contributed by atoms with Gasteiger partial charge in [0.25, 0.3) is 0 Å². The van der Waals surface area contributed by atoms with Crippen LogP contribution in [0.2, 0.25) is 0 Å². The molecule has 1 heterocycles. The highest BCUT2D eigenvalue weighted by Crippen LogP contribution is 2.26. The molecule has 0 amide bonds. The highest BCUT2D eigenvalue weighted by Gasteiger charge is 2.31. The molecule has 1 fully saturated rings. The molecule has 1 aliphatic rings.